The lowest BCUT2D eigenvalue weighted by molar-refractivity contribution is -0.172. The number of esters is 1. The van der Waals surface area contributed by atoms with Gasteiger partial charge in [-0.05, 0) is 31.6 Å². The maximum atomic E-state index is 13.0. The predicted molar refractivity (Wildman–Crippen MR) is 56.5 cm³/mol. The van der Waals surface area contributed by atoms with Gasteiger partial charge in [-0.25, -0.2) is 4.79 Å². The number of hydrogen-bond donors (Lipinski definition) is 3. The van der Waals surface area contributed by atoms with Gasteiger partial charge in [-0.3, -0.25) is 4.55 Å². The van der Waals surface area contributed by atoms with E-state index in [1.807, 2.05) is 0 Å². The van der Waals surface area contributed by atoms with E-state index < -0.39 is 27.4 Å². The van der Waals surface area contributed by atoms with Gasteiger partial charge < -0.3 is 14.9 Å². The first-order valence-corrected chi connectivity index (χ1v) is 6.82. The molecule has 18 heavy (non-hydrogen) atoms. The fourth-order valence-corrected chi connectivity index (χ4v) is 1.97. The van der Waals surface area contributed by atoms with E-state index in [2.05, 4.69) is 4.74 Å². The van der Waals surface area contributed by atoms with Gasteiger partial charge in [0.2, 0.25) is 0 Å². The van der Waals surface area contributed by atoms with Crippen LogP contribution in [-0.4, -0.2) is 47.1 Å². The van der Waals surface area contributed by atoms with E-state index in [1.165, 1.54) is 0 Å². The van der Waals surface area contributed by atoms with Gasteiger partial charge in [0, 0.05) is 0 Å². The summed E-state index contributed by atoms with van der Waals surface area (Å²) in [5.41, 5.74) is 0. The van der Waals surface area contributed by atoms with Crippen LogP contribution in [0, 0.1) is 5.92 Å². The summed E-state index contributed by atoms with van der Waals surface area (Å²) in [7, 11) is -5.59. The van der Waals surface area contributed by atoms with Crippen molar-refractivity contribution in [3.05, 3.63) is 0 Å². The van der Waals surface area contributed by atoms with Gasteiger partial charge in [-0.2, -0.15) is 12.8 Å². The van der Waals surface area contributed by atoms with Gasteiger partial charge in [-0.1, -0.05) is 0 Å². The number of aliphatic hydroxyl groups is 2. The normalized spacial score (nSPS) is 28.4. The van der Waals surface area contributed by atoms with E-state index in [0.717, 1.165) is 0 Å². The molecule has 7 nitrogen and oxygen atoms in total. The van der Waals surface area contributed by atoms with Crippen LogP contribution in [0.25, 0.3) is 0 Å². The second-order valence-corrected chi connectivity index (χ2v) is 5.80. The summed E-state index contributed by atoms with van der Waals surface area (Å²) >= 11 is 0. The van der Waals surface area contributed by atoms with Crippen LogP contribution in [0.2, 0.25) is 0 Å². The minimum Gasteiger partial charge on any atom is -0.460 e. The Labute approximate surface area is 103 Å². The SMILES string of the molecule is O=C(OCC1CCC(O)CC1)C(O)(F)S(=O)(=O)O. The largest absolute Gasteiger partial charge is 0.460 e. The van der Waals surface area contributed by atoms with Crippen molar-refractivity contribution in [3.8, 4) is 0 Å². The summed E-state index contributed by atoms with van der Waals surface area (Å²) < 4.78 is 46.4. The zero-order chi connectivity index (χ0) is 14.0. The summed E-state index contributed by atoms with van der Waals surface area (Å²) in [6.07, 6.45) is 1.71. The first kappa shape index (κ1) is 15.3. The number of rotatable bonds is 4. The summed E-state index contributed by atoms with van der Waals surface area (Å²) in [6.45, 7) is -0.271. The molecule has 9 heteroatoms. The Hall–Kier alpha value is -0.770. The Morgan fingerprint density at radius 2 is 1.83 bits per heavy atom. The molecule has 0 heterocycles. The van der Waals surface area contributed by atoms with E-state index in [-0.39, 0.29) is 12.5 Å². The Morgan fingerprint density at radius 3 is 2.28 bits per heavy atom. The van der Waals surface area contributed by atoms with E-state index in [1.54, 1.807) is 0 Å². The Bertz CT molecular complexity index is 397. The van der Waals surface area contributed by atoms with Gasteiger partial charge in [0.1, 0.15) is 0 Å². The highest BCUT2D eigenvalue weighted by molar-refractivity contribution is 7.87. The topological polar surface area (TPSA) is 121 Å². The van der Waals surface area contributed by atoms with Gasteiger partial charge in [-0.15, -0.1) is 0 Å². The summed E-state index contributed by atoms with van der Waals surface area (Å²) in [5.74, 6) is -2.19. The average molecular weight is 286 g/mol. The maximum absolute atomic E-state index is 13.0. The summed E-state index contributed by atoms with van der Waals surface area (Å²) in [5, 5.41) is 13.4. The van der Waals surface area contributed by atoms with Gasteiger partial charge in [0.15, 0.2) is 0 Å². The first-order chi connectivity index (χ1) is 8.14. The molecule has 0 saturated heterocycles. The third-order valence-corrected chi connectivity index (χ3v) is 3.71. The standard InChI is InChI=1S/C9H15FO7S/c10-9(13,18(14,15)16)8(12)17-5-6-1-3-7(11)4-2-6/h6-7,11,13H,1-5H2,(H,14,15,16). The van der Waals surface area contributed by atoms with Crippen molar-refractivity contribution in [1.82, 2.24) is 0 Å². The highest BCUT2D eigenvalue weighted by atomic mass is 32.2. The molecule has 1 aliphatic carbocycles. The lowest BCUT2D eigenvalue weighted by Crippen LogP contribution is -2.43. The van der Waals surface area contributed by atoms with Crippen molar-refractivity contribution in [1.29, 1.82) is 0 Å². The molecule has 1 atom stereocenters. The molecule has 0 spiro atoms. The van der Waals surface area contributed by atoms with Crippen molar-refractivity contribution >= 4 is 16.1 Å². The predicted octanol–water partition coefficient (Wildman–Crippen LogP) is -0.416. The smallest absolute Gasteiger partial charge is 0.431 e. The molecule has 1 fully saturated rings. The lowest BCUT2D eigenvalue weighted by atomic mass is 9.88. The van der Waals surface area contributed by atoms with Crippen molar-refractivity contribution in [3.63, 3.8) is 0 Å². The van der Waals surface area contributed by atoms with Crippen molar-refractivity contribution in [2.45, 2.75) is 37.0 Å². The van der Waals surface area contributed by atoms with E-state index in [4.69, 9.17) is 9.66 Å². The number of ether oxygens (including phenoxy) is 1. The second kappa shape index (κ2) is 5.47. The molecule has 0 aromatic rings. The molecule has 0 aliphatic heterocycles. The monoisotopic (exact) mass is 286 g/mol. The number of hydrogen-bond acceptors (Lipinski definition) is 6. The zero-order valence-corrected chi connectivity index (χ0v) is 10.3. The number of carbonyl (C=O) groups is 1. The Kier molecular flexibility index (Phi) is 4.65. The molecule has 1 unspecified atom stereocenters. The molecular weight excluding hydrogens is 271 g/mol. The first-order valence-electron chi connectivity index (χ1n) is 5.38. The van der Waals surface area contributed by atoms with Crippen LogP contribution in [0.4, 0.5) is 4.39 Å². The minimum atomic E-state index is -5.59. The van der Waals surface area contributed by atoms with Crippen LogP contribution >= 0.6 is 0 Å². The van der Waals surface area contributed by atoms with Gasteiger partial charge >= 0.3 is 21.3 Å². The van der Waals surface area contributed by atoms with Crippen LogP contribution in [-0.2, 0) is 19.6 Å². The molecule has 0 bridgehead atoms. The second-order valence-electron chi connectivity index (χ2n) is 4.31. The van der Waals surface area contributed by atoms with Crippen LogP contribution in [0.5, 0.6) is 0 Å². The quantitative estimate of drug-likeness (QED) is 0.474. The molecule has 0 aromatic heterocycles. The Morgan fingerprint density at radius 1 is 1.33 bits per heavy atom. The molecule has 106 valence electrons. The fraction of sp³-hybridized carbons (Fsp3) is 0.889. The summed E-state index contributed by atoms with van der Waals surface area (Å²) in [4.78, 5) is 11.0. The van der Waals surface area contributed by atoms with Crippen LogP contribution in [0.1, 0.15) is 25.7 Å². The molecule has 0 radical (unpaired) electrons. The highest BCUT2D eigenvalue weighted by Crippen LogP contribution is 2.25. The molecule has 3 N–H and O–H groups in total. The van der Waals surface area contributed by atoms with E-state index >= 15 is 0 Å². The lowest BCUT2D eigenvalue weighted by Gasteiger charge is -2.25. The molecule has 1 saturated carbocycles. The molecule has 0 amide bonds. The maximum Gasteiger partial charge on any atom is 0.431 e. The van der Waals surface area contributed by atoms with Crippen LogP contribution in [0.3, 0.4) is 0 Å². The molecule has 1 rings (SSSR count). The number of carbonyl (C=O) groups excluding carboxylic acids is 1. The van der Waals surface area contributed by atoms with E-state index in [0.29, 0.717) is 25.7 Å². The minimum absolute atomic E-state index is 0.130. The fourth-order valence-electron chi connectivity index (χ4n) is 1.70. The number of alkyl halides is 1. The van der Waals surface area contributed by atoms with Gasteiger partial charge in [0.25, 0.3) is 0 Å². The van der Waals surface area contributed by atoms with Gasteiger partial charge in [0.05, 0.1) is 12.7 Å². The van der Waals surface area contributed by atoms with Crippen molar-refractivity contribution in [2.75, 3.05) is 6.61 Å². The number of halogens is 1. The number of aliphatic hydroxyl groups excluding tert-OH is 1. The Balaban J connectivity index is 2.47. The van der Waals surface area contributed by atoms with Crippen LogP contribution < -0.4 is 0 Å². The average Bonchev–Trinajstić information content (AvgIpc) is 2.26. The summed E-state index contributed by atoms with van der Waals surface area (Å²) in [6, 6.07) is 0. The van der Waals surface area contributed by atoms with Crippen molar-refractivity contribution in [2.24, 2.45) is 5.92 Å². The molecule has 0 aromatic carbocycles. The third-order valence-electron chi connectivity index (χ3n) is 2.86. The van der Waals surface area contributed by atoms with Crippen LogP contribution in [0.15, 0.2) is 0 Å². The molecule has 1 aliphatic rings. The molecular formula is C9H15FO7S. The highest BCUT2D eigenvalue weighted by Gasteiger charge is 2.51. The van der Waals surface area contributed by atoms with E-state index in [9.17, 15) is 22.7 Å². The van der Waals surface area contributed by atoms with Crippen molar-refractivity contribution < 1.29 is 37.1 Å². The zero-order valence-electron chi connectivity index (χ0n) is 9.45. The third kappa shape index (κ3) is 3.61.